The minimum Gasteiger partial charge on any atom is -0.497 e. The fourth-order valence-electron chi connectivity index (χ4n) is 2.94. The van der Waals surface area contributed by atoms with Crippen molar-refractivity contribution in [3.05, 3.63) is 29.8 Å². The molecule has 22 heavy (non-hydrogen) atoms. The van der Waals surface area contributed by atoms with Gasteiger partial charge in [-0.1, -0.05) is 20.8 Å². The van der Waals surface area contributed by atoms with Gasteiger partial charge in [0.25, 0.3) is 0 Å². The van der Waals surface area contributed by atoms with Crippen molar-refractivity contribution < 1.29 is 19.1 Å². The molecule has 4 nitrogen and oxygen atoms in total. The molecule has 4 heteroatoms. The van der Waals surface area contributed by atoms with Gasteiger partial charge in [-0.15, -0.1) is 0 Å². The van der Waals surface area contributed by atoms with Crippen LogP contribution in [0.15, 0.2) is 24.3 Å². The number of Topliss-reactive ketones (excluding diaryl/α,β-unsaturated/α-hetero) is 1. The van der Waals surface area contributed by atoms with Gasteiger partial charge in [0.2, 0.25) is 0 Å². The van der Waals surface area contributed by atoms with Gasteiger partial charge in [0.05, 0.1) is 18.6 Å². The maximum absolute atomic E-state index is 12.4. The van der Waals surface area contributed by atoms with Gasteiger partial charge < -0.3 is 9.47 Å². The Hall–Kier alpha value is -1.84. The molecule has 0 aromatic heterocycles. The van der Waals surface area contributed by atoms with Crippen molar-refractivity contribution in [3.8, 4) is 5.75 Å². The summed E-state index contributed by atoms with van der Waals surface area (Å²) < 4.78 is 10.8. The van der Waals surface area contributed by atoms with E-state index in [1.807, 2.05) is 20.8 Å². The molecule has 120 valence electrons. The highest BCUT2D eigenvalue weighted by Crippen LogP contribution is 2.36. The molecule has 1 aliphatic carbocycles. The van der Waals surface area contributed by atoms with Gasteiger partial charge in [-0.25, -0.2) is 4.79 Å². The zero-order valence-electron chi connectivity index (χ0n) is 13.7. The summed E-state index contributed by atoms with van der Waals surface area (Å²) in [5, 5.41) is 0. The number of methoxy groups -OCH3 is 1. The topological polar surface area (TPSA) is 52.6 Å². The second-order valence-corrected chi connectivity index (χ2v) is 6.89. The molecule has 2 rings (SSSR count). The van der Waals surface area contributed by atoms with Crippen LogP contribution < -0.4 is 4.74 Å². The second-order valence-electron chi connectivity index (χ2n) is 6.89. The highest BCUT2D eigenvalue weighted by atomic mass is 16.5. The number of rotatable bonds is 4. The first kappa shape index (κ1) is 16.5. The van der Waals surface area contributed by atoms with Gasteiger partial charge in [-0.2, -0.15) is 0 Å². The normalized spacial score (nSPS) is 19.8. The zero-order chi connectivity index (χ0) is 16.3. The van der Waals surface area contributed by atoms with E-state index in [4.69, 9.17) is 9.47 Å². The van der Waals surface area contributed by atoms with Crippen LogP contribution in [0.1, 0.15) is 50.4 Å². The summed E-state index contributed by atoms with van der Waals surface area (Å²) in [4.78, 5) is 24.4. The third-order valence-corrected chi connectivity index (χ3v) is 4.13. The minimum atomic E-state index is -0.392. The Morgan fingerprint density at radius 3 is 2.32 bits per heavy atom. The highest BCUT2D eigenvalue weighted by molar-refractivity contribution is 5.90. The third kappa shape index (κ3) is 3.67. The summed E-state index contributed by atoms with van der Waals surface area (Å²) in [7, 11) is 1.58. The molecule has 0 saturated heterocycles. The van der Waals surface area contributed by atoms with Crippen LogP contribution in [0.3, 0.4) is 0 Å². The minimum absolute atomic E-state index is 0.179. The predicted octanol–water partition coefficient (Wildman–Crippen LogP) is 3.64. The maximum Gasteiger partial charge on any atom is 0.338 e. The lowest BCUT2D eigenvalue weighted by molar-refractivity contribution is -0.126. The van der Waals surface area contributed by atoms with Crippen LogP contribution in [0, 0.1) is 11.3 Å². The largest absolute Gasteiger partial charge is 0.497 e. The third-order valence-electron chi connectivity index (χ3n) is 4.13. The van der Waals surface area contributed by atoms with Crippen molar-refractivity contribution in [2.75, 3.05) is 7.11 Å². The fraction of sp³-hybridized carbons (Fsp3) is 0.556. The van der Waals surface area contributed by atoms with E-state index in [0.717, 1.165) is 12.8 Å². The number of esters is 1. The van der Waals surface area contributed by atoms with Crippen LogP contribution in [0.25, 0.3) is 0 Å². The summed E-state index contributed by atoms with van der Waals surface area (Å²) in [6, 6.07) is 6.81. The Kier molecular flexibility index (Phi) is 4.89. The molecule has 0 bridgehead atoms. The lowest BCUT2D eigenvalue weighted by Gasteiger charge is -2.34. The molecule has 0 aliphatic heterocycles. The van der Waals surface area contributed by atoms with Crippen LogP contribution in [0.5, 0.6) is 5.75 Å². The number of carbonyl (C=O) groups excluding carboxylic acids is 2. The number of hydrogen-bond donors (Lipinski definition) is 0. The van der Waals surface area contributed by atoms with Gasteiger partial charge in [0, 0.05) is 6.42 Å². The number of ether oxygens (including phenoxy) is 2. The van der Waals surface area contributed by atoms with Crippen LogP contribution >= 0.6 is 0 Å². The number of benzene rings is 1. The Bertz CT molecular complexity index is 539. The van der Waals surface area contributed by atoms with E-state index < -0.39 is 6.10 Å². The van der Waals surface area contributed by atoms with E-state index in [2.05, 4.69) is 0 Å². The quantitative estimate of drug-likeness (QED) is 0.797. The van der Waals surface area contributed by atoms with Crippen LogP contribution in [-0.2, 0) is 9.53 Å². The molecule has 1 aromatic carbocycles. The SMILES string of the molecule is COc1ccc(C(=O)OC(C2CCCC2=O)C(C)(C)C)cc1. The van der Waals surface area contributed by atoms with Gasteiger partial charge >= 0.3 is 5.97 Å². The number of ketones is 1. The molecule has 2 unspecified atom stereocenters. The summed E-state index contributed by atoms with van der Waals surface area (Å²) in [5.74, 6) is 0.335. The predicted molar refractivity (Wildman–Crippen MR) is 84.0 cm³/mol. The Balaban J connectivity index is 2.15. The molecule has 1 aliphatic rings. The molecule has 1 fully saturated rings. The van der Waals surface area contributed by atoms with E-state index in [1.165, 1.54) is 0 Å². The molecule has 1 saturated carbocycles. The molecule has 0 radical (unpaired) electrons. The van der Waals surface area contributed by atoms with E-state index in [0.29, 0.717) is 17.7 Å². The summed E-state index contributed by atoms with van der Waals surface area (Å²) in [5.41, 5.74) is 0.202. The first-order valence-electron chi connectivity index (χ1n) is 7.70. The standard InChI is InChI=1S/C18H24O4/c1-18(2,3)16(14-6-5-7-15(14)19)22-17(20)12-8-10-13(21-4)11-9-12/h8-11,14,16H,5-7H2,1-4H3. The molecular formula is C18H24O4. The van der Waals surface area contributed by atoms with Gasteiger partial charge in [0.1, 0.15) is 17.6 Å². The molecule has 1 aromatic rings. The van der Waals surface area contributed by atoms with E-state index in [1.54, 1.807) is 31.4 Å². The van der Waals surface area contributed by atoms with Gasteiger partial charge in [-0.05, 0) is 42.5 Å². The molecule has 2 atom stereocenters. The van der Waals surface area contributed by atoms with Crippen molar-refractivity contribution in [2.45, 2.75) is 46.1 Å². The van der Waals surface area contributed by atoms with Crippen LogP contribution in [-0.4, -0.2) is 25.0 Å². The van der Waals surface area contributed by atoms with Crippen molar-refractivity contribution in [1.29, 1.82) is 0 Å². The Labute approximate surface area is 131 Å². The summed E-state index contributed by atoms with van der Waals surface area (Å²) in [6.45, 7) is 6.01. The second kappa shape index (κ2) is 6.51. The molecule has 0 amide bonds. The summed E-state index contributed by atoms with van der Waals surface area (Å²) >= 11 is 0. The van der Waals surface area contributed by atoms with E-state index in [9.17, 15) is 9.59 Å². The van der Waals surface area contributed by atoms with Gasteiger partial charge in [-0.3, -0.25) is 4.79 Å². The Morgan fingerprint density at radius 1 is 1.23 bits per heavy atom. The van der Waals surface area contributed by atoms with Crippen molar-refractivity contribution in [1.82, 2.24) is 0 Å². The average molecular weight is 304 g/mol. The van der Waals surface area contributed by atoms with Crippen LogP contribution in [0.2, 0.25) is 0 Å². The zero-order valence-corrected chi connectivity index (χ0v) is 13.7. The highest BCUT2D eigenvalue weighted by Gasteiger charge is 2.41. The van der Waals surface area contributed by atoms with Crippen molar-refractivity contribution >= 4 is 11.8 Å². The molecule has 0 N–H and O–H groups in total. The van der Waals surface area contributed by atoms with E-state index in [-0.39, 0.29) is 23.1 Å². The van der Waals surface area contributed by atoms with Crippen molar-refractivity contribution in [3.63, 3.8) is 0 Å². The lowest BCUT2D eigenvalue weighted by atomic mass is 9.80. The first-order chi connectivity index (χ1) is 10.3. The monoisotopic (exact) mass is 304 g/mol. The van der Waals surface area contributed by atoms with Crippen LogP contribution in [0.4, 0.5) is 0 Å². The molecule has 0 heterocycles. The van der Waals surface area contributed by atoms with E-state index >= 15 is 0 Å². The molecule has 0 spiro atoms. The first-order valence-corrected chi connectivity index (χ1v) is 7.70. The van der Waals surface area contributed by atoms with Crippen molar-refractivity contribution in [2.24, 2.45) is 11.3 Å². The smallest absolute Gasteiger partial charge is 0.338 e. The van der Waals surface area contributed by atoms with Gasteiger partial charge in [0.15, 0.2) is 0 Å². The number of hydrogen-bond acceptors (Lipinski definition) is 4. The average Bonchev–Trinajstić information content (AvgIpc) is 2.89. The fourth-order valence-corrected chi connectivity index (χ4v) is 2.94. The number of carbonyl (C=O) groups is 2. The maximum atomic E-state index is 12.4. The Morgan fingerprint density at radius 2 is 1.86 bits per heavy atom. The lowest BCUT2D eigenvalue weighted by Crippen LogP contribution is -2.40. The summed E-state index contributed by atoms with van der Waals surface area (Å²) in [6.07, 6.45) is 1.89. The molecular weight excluding hydrogens is 280 g/mol.